The van der Waals surface area contributed by atoms with E-state index in [0.717, 1.165) is 30.0 Å². The quantitative estimate of drug-likeness (QED) is 0.575. The molecule has 0 fully saturated rings. The second-order valence-corrected chi connectivity index (χ2v) is 3.61. The van der Waals surface area contributed by atoms with Crippen LogP contribution in [0, 0.1) is 0 Å². The molecular weight excluding hydrogens is 182 g/mol. The van der Waals surface area contributed by atoms with Crippen molar-refractivity contribution in [2.24, 2.45) is 0 Å². The Bertz CT molecular complexity index is 286. The summed E-state index contributed by atoms with van der Waals surface area (Å²) in [5, 5.41) is 5.15. The van der Waals surface area contributed by atoms with Crippen LogP contribution in [0.25, 0.3) is 5.57 Å². The largest absolute Gasteiger partial charge is 0.317 e. The first-order valence-electron chi connectivity index (χ1n) is 4.37. The number of rotatable bonds is 5. The van der Waals surface area contributed by atoms with Crippen LogP contribution in [0.3, 0.4) is 0 Å². The van der Waals surface area contributed by atoms with Gasteiger partial charge in [0, 0.05) is 4.88 Å². The Labute approximate surface area is 82.3 Å². The fourth-order valence-electron chi connectivity index (χ4n) is 1.06. The van der Waals surface area contributed by atoms with Crippen LogP contribution in [0.15, 0.2) is 17.5 Å². The molecule has 13 heavy (non-hydrogen) atoms. The molecule has 0 atom stereocenters. The lowest BCUT2D eigenvalue weighted by Gasteiger charge is -2.00. The summed E-state index contributed by atoms with van der Waals surface area (Å²) < 4.78 is 0. The van der Waals surface area contributed by atoms with Crippen molar-refractivity contribution < 1.29 is 4.79 Å². The highest BCUT2D eigenvalue weighted by Crippen LogP contribution is 2.19. The van der Waals surface area contributed by atoms with Crippen LogP contribution in [0.5, 0.6) is 0 Å². The lowest BCUT2D eigenvalue weighted by atomic mass is 10.2. The van der Waals surface area contributed by atoms with Crippen molar-refractivity contribution in [3.8, 4) is 0 Å². The predicted molar refractivity (Wildman–Crippen MR) is 56.6 cm³/mol. The lowest BCUT2D eigenvalue weighted by molar-refractivity contribution is 0.568. The van der Waals surface area contributed by atoms with Gasteiger partial charge in [-0.3, -0.25) is 0 Å². The number of carbonyl (C=O) groups excluding carboxylic acids is 1. The van der Waals surface area contributed by atoms with E-state index in [0.29, 0.717) is 0 Å². The van der Waals surface area contributed by atoms with Gasteiger partial charge in [0.15, 0.2) is 0 Å². The van der Waals surface area contributed by atoms with Crippen LogP contribution in [-0.2, 0) is 4.79 Å². The molecule has 0 saturated carbocycles. The first-order valence-corrected chi connectivity index (χ1v) is 5.25. The van der Waals surface area contributed by atoms with Gasteiger partial charge in [-0.15, -0.1) is 11.3 Å². The molecule has 0 aromatic carbocycles. The monoisotopic (exact) mass is 195 g/mol. The topological polar surface area (TPSA) is 29.1 Å². The molecule has 3 heteroatoms. The number of nitrogens with one attached hydrogen (secondary N) is 1. The van der Waals surface area contributed by atoms with Crippen LogP contribution in [0.2, 0.25) is 0 Å². The van der Waals surface area contributed by atoms with Crippen LogP contribution < -0.4 is 5.32 Å². The average Bonchev–Trinajstić information content (AvgIpc) is 2.65. The summed E-state index contributed by atoms with van der Waals surface area (Å²) in [5.74, 6) is 2.00. The highest BCUT2D eigenvalue weighted by atomic mass is 32.1. The fraction of sp³-hybridized carbons (Fsp3) is 0.400. The first-order chi connectivity index (χ1) is 6.38. The van der Waals surface area contributed by atoms with E-state index in [2.05, 4.69) is 12.2 Å². The molecule has 0 saturated heterocycles. The van der Waals surface area contributed by atoms with Crippen LogP contribution in [0.4, 0.5) is 0 Å². The minimum Gasteiger partial charge on any atom is -0.317 e. The minimum atomic E-state index is 0.762. The van der Waals surface area contributed by atoms with Crippen molar-refractivity contribution in [1.82, 2.24) is 5.32 Å². The number of hydrogen-bond donors (Lipinski definition) is 1. The van der Waals surface area contributed by atoms with Gasteiger partial charge in [0.2, 0.25) is 0 Å². The maximum absolute atomic E-state index is 10.6. The van der Waals surface area contributed by atoms with E-state index in [4.69, 9.17) is 0 Å². The van der Waals surface area contributed by atoms with E-state index in [1.54, 1.807) is 11.3 Å². The molecule has 1 aromatic heterocycles. The third-order valence-electron chi connectivity index (χ3n) is 1.74. The molecular formula is C10H13NOS. The molecule has 1 aromatic rings. The van der Waals surface area contributed by atoms with E-state index < -0.39 is 0 Å². The average molecular weight is 195 g/mol. The Morgan fingerprint density at radius 2 is 2.54 bits per heavy atom. The van der Waals surface area contributed by atoms with Crippen LogP contribution >= 0.6 is 11.3 Å². The summed E-state index contributed by atoms with van der Waals surface area (Å²) >= 11 is 1.59. The van der Waals surface area contributed by atoms with E-state index in [1.807, 2.05) is 23.5 Å². The zero-order valence-electron chi connectivity index (χ0n) is 7.67. The van der Waals surface area contributed by atoms with Crippen molar-refractivity contribution in [2.45, 2.75) is 13.3 Å². The molecule has 1 rings (SSSR count). The zero-order valence-corrected chi connectivity index (χ0v) is 8.49. The van der Waals surface area contributed by atoms with Gasteiger partial charge in [0.25, 0.3) is 0 Å². The van der Waals surface area contributed by atoms with Gasteiger partial charge in [-0.25, -0.2) is 4.79 Å². The number of thiophene rings is 1. The smallest absolute Gasteiger partial charge is 0.129 e. The van der Waals surface area contributed by atoms with E-state index >= 15 is 0 Å². The molecule has 0 radical (unpaired) electrons. The molecule has 0 unspecified atom stereocenters. The second-order valence-electron chi connectivity index (χ2n) is 2.66. The molecule has 1 heterocycles. The normalized spacial score (nSPS) is 9.62. The van der Waals surface area contributed by atoms with Crippen LogP contribution in [-0.4, -0.2) is 19.0 Å². The Kier molecular flexibility index (Phi) is 4.47. The van der Waals surface area contributed by atoms with E-state index in [9.17, 15) is 4.79 Å². The third-order valence-corrected chi connectivity index (χ3v) is 2.67. The molecule has 1 N–H and O–H groups in total. The van der Waals surface area contributed by atoms with Crippen molar-refractivity contribution in [1.29, 1.82) is 0 Å². The fourth-order valence-corrected chi connectivity index (χ4v) is 1.81. The van der Waals surface area contributed by atoms with Gasteiger partial charge in [0.1, 0.15) is 5.94 Å². The van der Waals surface area contributed by atoms with Gasteiger partial charge < -0.3 is 5.32 Å². The highest BCUT2D eigenvalue weighted by molar-refractivity contribution is 7.11. The highest BCUT2D eigenvalue weighted by Gasteiger charge is 2.02. The van der Waals surface area contributed by atoms with Gasteiger partial charge in [-0.05, 0) is 31.0 Å². The van der Waals surface area contributed by atoms with Crippen molar-refractivity contribution in [2.75, 3.05) is 13.1 Å². The lowest BCUT2D eigenvalue weighted by Crippen LogP contribution is -2.14. The Morgan fingerprint density at radius 1 is 1.69 bits per heavy atom. The molecule has 2 nitrogen and oxygen atoms in total. The van der Waals surface area contributed by atoms with Crippen molar-refractivity contribution in [3.05, 3.63) is 22.4 Å². The Balaban J connectivity index is 2.51. The van der Waals surface area contributed by atoms with Crippen molar-refractivity contribution in [3.63, 3.8) is 0 Å². The minimum absolute atomic E-state index is 0.762. The van der Waals surface area contributed by atoms with Gasteiger partial charge in [0.05, 0.1) is 5.57 Å². The first kappa shape index (κ1) is 10.2. The standard InChI is InChI=1S/C10H13NOS/c1-2-11-6-5-9(8-12)10-4-3-7-13-10/h3-4,7,11H,2,5-6H2,1H3. The summed E-state index contributed by atoms with van der Waals surface area (Å²) in [5.41, 5.74) is 0.774. The maximum Gasteiger partial charge on any atom is 0.129 e. The Morgan fingerprint density at radius 3 is 3.08 bits per heavy atom. The SMILES string of the molecule is CCNCCC(=C=O)c1cccs1. The summed E-state index contributed by atoms with van der Waals surface area (Å²) in [6.45, 7) is 3.84. The van der Waals surface area contributed by atoms with E-state index in [-0.39, 0.29) is 0 Å². The summed E-state index contributed by atoms with van der Waals surface area (Å²) in [6, 6.07) is 3.90. The molecule has 0 amide bonds. The summed E-state index contributed by atoms with van der Waals surface area (Å²) in [4.78, 5) is 11.6. The molecule has 0 spiro atoms. The van der Waals surface area contributed by atoms with Gasteiger partial charge in [-0.1, -0.05) is 13.0 Å². The third kappa shape index (κ3) is 3.15. The van der Waals surface area contributed by atoms with Crippen LogP contribution in [0.1, 0.15) is 18.2 Å². The Hall–Kier alpha value is -0.890. The predicted octanol–water partition coefficient (Wildman–Crippen LogP) is 1.96. The summed E-state index contributed by atoms with van der Waals surface area (Å²) in [7, 11) is 0. The maximum atomic E-state index is 10.6. The zero-order chi connectivity index (χ0) is 9.52. The van der Waals surface area contributed by atoms with Gasteiger partial charge >= 0.3 is 0 Å². The molecule has 0 aliphatic rings. The summed E-state index contributed by atoms with van der Waals surface area (Å²) in [6.07, 6.45) is 0.762. The van der Waals surface area contributed by atoms with E-state index in [1.165, 1.54) is 0 Å². The van der Waals surface area contributed by atoms with Crippen molar-refractivity contribution >= 4 is 22.9 Å². The molecule has 0 bridgehead atoms. The molecule has 70 valence electrons. The van der Waals surface area contributed by atoms with Gasteiger partial charge in [-0.2, -0.15) is 0 Å². The number of hydrogen-bond acceptors (Lipinski definition) is 3. The second kappa shape index (κ2) is 5.70. The molecule has 0 aliphatic heterocycles. The molecule has 0 aliphatic carbocycles.